The molecule has 1 saturated heterocycles. The molecule has 2 bridgehead atoms. The minimum atomic E-state index is -0.403. The van der Waals surface area contributed by atoms with Crippen molar-refractivity contribution in [3.05, 3.63) is 58.7 Å². The quantitative estimate of drug-likeness (QED) is 0.318. The average Bonchev–Trinajstić information content (AvgIpc) is 3.24. The van der Waals surface area contributed by atoms with Crippen molar-refractivity contribution in [3.63, 3.8) is 0 Å². The number of likely N-dealkylation sites (N-methyl/N-ethyl adjacent to an activating group) is 1. The predicted octanol–water partition coefficient (Wildman–Crippen LogP) is 4.86. The predicted molar refractivity (Wildman–Crippen MR) is 154 cm³/mol. The molecule has 0 aromatic heterocycles. The number of carbonyl (C=O) groups excluding carboxylic acids is 2. The van der Waals surface area contributed by atoms with E-state index in [1.807, 2.05) is 36.1 Å². The first kappa shape index (κ1) is 26.9. The van der Waals surface area contributed by atoms with E-state index in [2.05, 4.69) is 31.9 Å². The fourth-order valence-electron chi connectivity index (χ4n) is 8.15. The molecule has 4 aliphatic rings. The zero-order valence-corrected chi connectivity index (χ0v) is 24.1. The van der Waals surface area contributed by atoms with Crippen molar-refractivity contribution in [2.75, 3.05) is 20.1 Å². The summed E-state index contributed by atoms with van der Waals surface area (Å²) in [6.07, 6.45) is 6.77. The summed E-state index contributed by atoms with van der Waals surface area (Å²) in [7, 11) is 2.18. The Balaban J connectivity index is 1.42. The molecule has 2 fully saturated rings. The molecule has 5 atom stereocenters. The van der Waals surface area contributed by atoms with Crippen LogP contribution in [0.4, 0.5) is 0 Å². The van der Waals surface area contributed by atoms with Gasteiger partial charge < -0.3 is 24.4 Å². The Morgan fingerprint density at radius 2 is 2.08 bits per heavy atom. The number of piperidine rings is 1. The Hall–Kier alpha value is -3.32. The van der Waals surface area contributed by atoms with Gasteiger partial charge in [-0.3, -0.25) is 9.59 Å². The molecule has 2 heterocycles. The number of phenols is 1. The van der Waals surface area contributed by atoms with Gasteiger partial charge in [-0.1, -0.05) is 43.7 Å². The topological polar surface area (TPSA) is 79.3 Å². The third-order valence-electron chi connectivity index (χ3n) is 9.61. The Morgan fingerprint density at radius 3 is 2.80 bits per heavy atom. The molecule has 6 rings (SSSR count). The SMILES string of the molecule is CC(=O)Oc1cc(O)c2c3c1C[C@@H]1[C@@H]4CC[C@H](N(CC(C)C)C(=O)C=Cc5cccc(C)c5)[C@H](O2)[C@]34CCN1C. The molecule has 0 unspecified atom stereocenters. The zero-order valence-electron chi connectivity index (χ0n) is 24.1. The van der Waals surface area contributed by atoms with Crippen LogP contribution in [0.3, 0.4) is 0 Å². The number of benzene rings is 2. The van der Waals surface area contributed by atoms with Crippen molar-refractivity contribution in [2.24, 2.45) is 11.8 Å². The van der Waals surface area contributed by atoms with Gasteiger partial charge in [0, 0.05) is 48.2 Å². The first-order valence-electron chi connectivity index (χ1n) is 14.6. The summed E-state index contributed by atoms with van der Waals surface area (Å²) in [5, 5.41) is 11.1. The summed E-state index contributed by atoms with van der Waals surface area (Å²) in [5.74, 6) is 1.17. The lowest BCUT2D eigenvalue weighted by atomic mass is 9.51. The first-order chi connectivity index (χ1) is 19.1. The molecular weight excluding hydrogens is 504 g/mol. The molecule has 40 heavy (non-hydrogen) atoms. The standard InChI is InChI=1S/C33H40N2O5/c1-19(2)18-35(29(38)12-9-22-8-6-7-20(3)15-22)25-11-10-24-26-16-23-28(39-21(4)36)17-27(37)31-30(23)33(24,32(25)40-31)13-14-34(26)5/h6-9,12,15,17,19,24-26,32,37H,10-11,13-14,16,18H2,1-5H3/t24-,25-,26+,32-,33-/m0/s1. The second-order valence-corrected chi connectivity index (χ2v) is 12.6. The molecular formula is C33H40N2O5. The first-order valence-corrected chi connectivity index (χ1v) is 14.6. The lowest BCUT2D eigenvalue weighted by molar-refractivity contribution is -0.138. The molecule has 2 aliphatic carbocycles. The maximum Gasteiger partial charge on any atom is 0.308 e. The molecule has 0 radical (unpaired) electrons. The van der Waals surface area contributed by atoms with Crippen LogP contribution >= 0.6 is 0 Å². The van der Waals surface area contributed by atoms with Crippen LogP contribution in [0, 0.1) is 18.8 Å². The highest BCUT2D eigenvalue weighted by Gasteiger charge is 2.66. The van der Waals surface area contributed by atoms with Crippen molar-refractivity contribution in [3.8, 4) is 17.2 Å². The molecule has 2 aliphatic heterocycles. The number of amides is 1. The van der Waals surface area contributed by atoms with E-state index >= 15 is 0 Å². The van der Waals surface area contributed by atoms with Gasteiger partial charge in [0.25, 0.3) is 0 Å². The van der Waals surface area contributed by atoms with Crippen LogP contribution in [0.25, 0.3) is 6.08 Å². The van der Waals surface area contributed by atoms with Crippen molar-refractivity contribution in [1.82, 2.24) is 9.80 Å². The van der Waals surface area contributed by atoms with E-state index in [9.17, 15) is 14.7 Å². The maximum atomic E-state index is 13.9. The van der Waals surface area contributed by atoms with Gasteiger partial charge in [-0.05, 0) is 69.7 Å². The molecule has 1 N–H and O–H groups in total. The average molecular weight is 545 g/mol. The number of phenolic OH excluding ortho intramolecular Hbond substituents is 1. The highest BCUT2D eigenvalue weighted by Crippen LogP contribution is 2.65. The molecule has 2 aromatic carbocycles. The number of carbonyl (C=O) groups is 2. The van der Waals surface area contributed by atoms with Gasteiger partial charge in [0.1, 0.15) is 11.9 Å². The van der Waals surface area contributed by atoms with Crippen LogP contribution in [0.2, 0.25) is 0 Å². The monoisotopic (exact) mass is 544 g/mol. The van der Waals surface area contributed by atoms with Gasteiger partial charge in [0.15, 0.2) is 11.5 Å². The van der Waals surface area contributed by atoms with Gasteiger partial charge >= 0.3 is 5.97 Å². The van der Waals surface area contributed by atoms with E-state index < -0.39 is 5.97 Å². The van der Waals surface area contributed by atoms with E-state index in [0.29, 0.717) is 24.0 Å². The Labute approximate surface area is 236 Å². The number of nitrogens with zero attached hydrogens (tertiary/aromatic N) is 2. The lowest BCUT2D eigenvalue weighted by Gasteiger charge is -2.60. The molecule has 2 aromatic rings. The molecule has 1 saturated carbocycles. The van der Waals surface area contributed by atoms with Crippen LogP contribution < -0.4 is 9.47 Å². The van der Waals surface area contributed by atoms with E-state index in [-0.39, 0.29) is 41.2 Å². The van der Waals surface area contributed by atoms with Gasteiger partial charge in [0.05, 0.1) is 6.04 Å². The summed E-state index contributed by atoms with van der Waals surface area (Å²) in [4.78, 5) is 30.3. The molecule has 1 amide bonds. The minimum absolute atomic E-state index is 0.00901. The normalized spacial score (nSPS) is 28.4. The number of aryl methyl sites for hydroxylation is 1. The number of hydrogen-bond acceptors (Lipinski definition) is 6. The largest absolute Gasteiger partial charge is 0.504 e. The van der Waals surface area contributed by atoms with Crippen LogP contribution in [-0.4, -0.2) is 65.1 Å². The number of ether oxygens (including phenoxy) is 2. The lowest BCUT2D eigenvalue weighted by Crippen LogP contribution is -2.68. The summed E-state index contributed by atoms with van der Waals surface area (Å²) >= 11 is 0. The Morgan fingerprint density at radius 1 is 1.27 bits per heavy atom. The highest BCUT2D eigenvalue weighted by molar-refractivity contribution is 5.92. The summed E-state index contributed by atoms with van der Waals surface area (Å²) in [6.45, 7) is 9.26. The van der Waals surface area contributed by atoms with Crippen molar-refractivity contribution in [1.29, 1.82) is 0 Å². The van der Waals surface area contributed by atoms with E-state index in [1.165, 1.54) is 13.0 Å². The van der Waals surface area contributed by atoms with Crippen LogP contribution in [0.5, 0.6) is 17.2 Å². The van der Waals surface area contributed by atoms with Gasteiger partial charge in [0.2, 0.25) is 5.91 Å². The van der Waals surface area contributed by atoms with E-state index in [0.717, 1.165) is 54.5 Å². The van der Waals surface area contributed by atoms with E-state index in [4.69, 9.17) is 9.47 Å². The van der Waals surface area contributed by atoms with Crippen molar-refractivity contribution < 1.29 is 24.2 Å². The van der Waals surface area contributed by atoms with Gasteiger partial charge in [-0.15, -0.1) is 0 Å². The van der Waals surface area contributed by atoms with Crippen molar-refractivity contribution in [2.45, 2.75) is 77.0 Å². The fraction of sp³-hybridized carbons (Fsp3) is 0.515. The van der Waals surface area contributed by atoms with Gasteiger partial charge in [-0.25, -0.2) is 0 Å². The fourth-order valence-corrected chi connectivity index (χ4v) is 8.15. The number of hydrogen-bond donors (Lipinski definition) is 1. The second-order valence-electron chi connectivity index (χ2n) is 12.6. The maximum absolute atomic E-state index is 13.9. The summed E-state index contributed by atoms with van der Waals surface area (Å²) in [6, 6.07) is 9.83. The molecule has 1 spiro atoms. The number of esters is 1. The number of aromatic hydroxyl groups is 1. The third kappa shape index (κ3) is 4.21. The molecule has 212 valence electrons. The Bertz CT molecular complexity index is 1380. The smallest absolute Gasteiger partial charge is 0.308 e. The van der Waals surface area contributed by atoms with E-state index in [1.54, 1.807) is 6.08 Å². The number of rotatable bonds is 6. The second kappa shape index (κ2) is 9.95. The molecule has 7 heteroatoms. The third-order valence-corrected chi connectivity index (χ3v) is 9.61. The minimum Gasteiger partial charge on any atom is -0.504 e. The Kier molecular flexibility index (Phi) is 6.68. The highest BCUT2D eigenvalue weighted by atomic mass is 16.5. The number of likely N-dealkylation sites (tertiary alicyclic amines) is 1. The van der Waals surface area contributed by atoms with Crippen LogP contribution in [-0.2, 0) is 21.4 Å². The van der Waals surface area contributed by atoms with Crippen LogP contribution in [0.1, 0.15) is 62.3 Å². The van der Waals surface area contributed by atoms with Gasteiger partial charge in [-0.2, -0.15) is 0 Å². The summed E-state index contributed by atoms with van der Waals surface area (Å²) < 4.78 is 12.4. The molecule has 7 nitrogen and oxygen atoms in total. The van der Waals surface area contributed by atoms with Crippen molar-refractivity contribution >= 4 is 18.0 Å². The zero-order chi connectivity index (χ0) is 28.3. The summed E-state index contributed by atoms with van der Waals surface area (Å²) in [5.41, 5.74) is 3.80. The van der Waals surface area contributed by atoms with Crippen LogP contribution in [0.15, 0.2) is 36.4 Å².